The number of benzene rings is 2. The first-order valence-electron chi connectivity index (χ1n) is 8.21. The minimum atomic E-state index is -0.397. The van der Waals surface area contributed by atoms with Crippen LogP contribution in [0.25, 0.3) is 16.7 Å². The number of hydrogen-bond donors (Lipinski definition) is 1. The molecular formula is C19H15ClFN5O. The third kappa shape index (κ3) is 3.29. The molecule has 2 aromatic carbocycles. The zero-order valence-electron chi connectivity index (χ0n) is 14.4. The molecule has 2 aromatic heterocycles. The summed E-state index contributed by atoms with van der Waals surface area (Å²) in [6.45, 7) is 0.354. The highest BCUT2D eigenvalue weighted by Gasteiger charge is 2.14. The highest BCUT2D eigenvalue weighted by Crippen LogP contribution is 2.21. The Labute approximate surface area is 158 Å². The molecule has 0 aliphatic heterocycles. The standard InChI is InChI=1S/C19H15ClFN5O/c1-25(11-12-7-8-13(21)9-16(12)20)19-23-17-15(18(27)24-19)10-22-26(17)14-5-3-2-4-6-14/h2-10H,11H2,1H3,(H,23,24,27). The Bertz CT molecular complexity index is 1170. The first-order valence-corrected chi connectivity index (χ1v) is 8.59. The van der Waals surface area contributed by atoms with Gasteiger partial charge in [0.25, 0.3) is 5.56 Å². The van der Waals surface area contributed by atoms with Gasteiger partial charge >= 0.3 is 0 Å². The molecule has 4 rings (SSSR count). The molecule has 8 heteroatoms. The van der Waals surface area contributed by atoms with E-state index in [1.54, 1.807) is 22.7 Å². The molecule has 0 spiro atoms. The molecule has 4 aromatic rings. The molecule has 0 saturated heterocycles. The first kappa shape index (κ1) is 17.2. The first-order chi connectivity index (χ1) is 13.0. The maximum atomic E-state index is 13.2. The number of nitrogens with zero attached hydrogens (tertiary/aromatic N) is 4. The average Bonchev–Trinajstić information content (AvgIpc) is 3.09. The van der Waals surface area contributed by atoms with E-state index in [1.807, 2.05) is 30.3 Å². The Hall–Kier alpha value is -3.19. The Balaban J connectivity index is 1.74. The van der Waals surface area contributed by atoms with E-state index in [0.29, 0.717) is 28.5 Å². The Morgan fingerprint density at radius 3 is 2.74 bits per heavy atom. The molecule has 6 nitrogen and oxygen atoms in total. The van der Waals surface area contributed by atoms with Gasteiger partial charge in [0.15, 0.2) is 5.65 Å². The minimum absolute atomic E-state index is 0.283. The average molecular weight is 384 g/mol. The fourth-order valence-corrected chi connectivity index (χ4v) is 3.05. The molecule has 2 heterocycles. The number of fused-ring (bicyclic) bond motifs is 1. The van der Waals surface area contributed by atoms with Crippen molar-refractivity contribution in [3.8, 4) is 5.69 Å². The van der Waals surface area contributed by atoms with E-state index < -0.39 is 5.82 Å². The predicted molar refractivity (Wildman–Crippen MR) is 103 cm³/mol. The van der Waals surface area contributed by atoms with E-state index in [-0.39, 0.29) is 5.56 Å². The van der Waals surface area contributed by atoms with Crippen LogP contribution in [0, 0.1) is 5.82 Å². The van der Waals surface area contributed by atoms with Crippen molar-refractivity contribution in [3.63, 3.8) is 0 Å². The van der Waals surface area contributed by atoms with Gasteiger partial charge in [0.2, 0.25) is 5.95 Å². The van der Waals surface area contributed by atoms with E-state index in [9.17, 15) is 9.18 Å². The summed E-state index contributed by atoms with van der Waals surface area (Å²) in [5.74, 6) is -0.0308. The Morgan fingerprint density at radius 1 is 1.22 bits per heavy atom. The van der Waals surface area contributed by atoms with Crippen LogP contribution in [0.15, 0.2) is 59.5 Å². The van der Waals surface area contributed by atoms with Crippen molar-refractivity contribution < 1.29 is 4.39 Å². The maximum Gasteiger partial charge on any atom is 0.263 e. The summed E-state index contributed by atoms with van der Waals surface area (Å²) in [5.41, 5.74) is 1.70. The third-order valence-electron chi connectivity index (χ3n) is 4.21. The molecule has 0 aliphatic rings. The van der Waals surface area contributed by atoms with Crippen molar-refractivity contribution in [2.45, 2.75) is 6.54 Å². The number of halogens is 2. The smallest absolute Gasteiger partial charge is 0.263 e. The van der Waals surface area contributed by atoms with Crippen LogP contribution in [0.3, 0.4) is 0 Å². The Kier molecular flexibility index (Phi) is 4.37. The summed E-state index contributed by atoms with van der Waals surface area (Å²) in [4.78, 5) is 21.5. The van der Waals surface area contributed by atoms with Gasteiger partial charge in [0.1, 0.15) is 11.2 Å². The summed E-state index contributed by atoms with van der Waals surface area (Å²) < 4.78 is 14.9. The van der Waals surface area contributed by atoms with E-state index in [1.165, 1.54) is 18.3 Å². The monoisotopic (exact) mass is 383 g/mol. The number of nitrogens with one attached hydrogen (secondary N) is 1. The molecule has 0 unspecified atom stereocenters. The third-order valence-corrected chi connectivity index (χ3v) is 4.56. The molecule has 136 valence electrons. The molecule has 0 saturated carbocycles. The summed E-state index contributed by atoms with van der Waals surface area (Å²) in [6, 6.07) is 13.7. The number of para-hydroxylation sites is 1. The van der Waals surface area contributed by atoms with E-state index in [2.05, 4.69) is 15.1 Å². The number of H-pyrrole nitrogens is 1. The van der Waals surface area contributed by atoms with Crippen LogP contribution < -0.4 is 10.5 Å². The fraction of sp³-hybridized carbons (Fsp3) is 0.105. The van der Waals surface area contributed by atoms with Gasteiger partial charge in [-0.15, -0.1) is 0 Å². The van der Waals surface area contributed by atoms with Crippen molar-refractivity contribution in [2.24, 2.45) is 0 Å². The lowest BCUT2D eigenvalue weighted by atomic mass is 10.2. The summed E-state index contributed by atoms with van der Waals surface area (Å²) in [5, 5.41) is 5.01. The van der Waals surface area contributed by atoms with E-state index in [4.69, 9.17) is 11.6 Å². The highest BCUT2D eigenvalue weighted by molar-refractivity contribution is 6.31. The van der Waals surface area contributed by atoms with Gasteiger partial charge < -0.3 is 4.90 Å². The van der Waals surface area contributed by atoms with Crippen LogP contribution >= 0.6 is 11.6 Å². The van der Waals surface area contributed by atoms with Gasteiger partial charge in [-0.25, -0.2) is 9.07 Å². The van der Waals surface area contributed by atoms with Crippen LogP contribution in [0.1, 0.15) is 5.56 Å². The van der Waals surface area contributed by atoms with Crippen molar-refractivity contribution in [1.29, 1.82) is 0 Å². The SMILES string of the molecule is CN(Cc1ccc(F)cc1Cl)c1nc2c(cnn2-c2ccccc2)c(=O)[nH]1. The van der Waals surface area contributed by atoms with Gasteiger partial charge in [0, 0.05) is 18.6 Å². The Morgan fingerprint density at radius 2 is 2.00 bits per heavy atom. The summed E-state index contributed by atoms with van der Waals surface area (Å²) in [7, 11) is 1.77. The lowest BCUT2D eigenvalue weighted by Crippen LogP contribution is -2.23. The van der Waals surface area contributed by atoms with Gasteiger partial charge in [-0.1, -0.05) is 35.9 Å². The number of aromatic amines is 1. The van der Waals surface area contributed by atoms with Gasteiger partial charge in [-0.2, -0.15) is 10.1 Å². The van der Waals surface area contributed by atoms with Crippen molar-refractivity contribution >= 4 is 28.6 Å². The van der Waals surface area contributed by atoms with Crippen LogP contribution in [-0.2, 0) is 6.54 Å². The lowest BCUT2D eigenvalue weighted by Gasteiger charge is -2.18. The molecule has 0 bridgehead atoms. The molecule has 0 fully saturated rings. The van der Waals surface area contributed by atoms with Crippen LogP contribution in [-0.4, -0.2) is 26.8 Å². The predicted octanol–water partition coefficient (Wildman–Crippen LogP) is 3.54. The fourth-order valence-electron chi connectivity index (χ4n) is 2.83. The van der Waals surface area contributed by atoms with Gasteiger partial charge in [-0.3, -0.25) is 9.78 Å². The minimum Gasteiger partial charge on any atom is -0.341 e. The van der Waals surface area contributed by atoms with Crippen molar-refractivity contribution in [3.05, 3.63) is 81.5 Å². The zero-order chi connectivity index (χ0) is 19.0. The second kappa shape index (κ2) is 6.85. The van der Waals surface area contributed by atoms with E-state index in [0.717, 1.165) is 11.3 Å². The lowest BCUT2D eigenvalue weighted by molar-refractivity contribution is 0.627. The molecule has 1 N–H and O–H groups in total. The quantitative estimate of drug-likeness (QED) is 0.585. The second-order valence-corrected chi connectivity index (χ2v) is 6.52. The maximum absolute atomic E-state index is 13.2. The highest BCUT2D eigenvalue weighted by atomic mass is 35.5. The van der Waals surface area contributed by atoms with Crippen LogP contribution in [0.2, 0.25) is 5.02 Å². The van der Waals surface area contributed by atoms with Crippen molar-refractivity contribution in [2.75, 3.05) is 11.9 Å². The molecule has 0 atom stereocenters. The number of hydrogen-bond acceptors (Lipinski definition) is 4. The number of rotatable bonds is 4. The summed E-state index contributed by atoms with van der Waals surface area (Å²) in [6.07, 6.45) is 1.49. The normalized spacial score (nSPS) is 11.1. The zero-order valence-corrected chi connectivity index (χ0v) is 15.1. The molecular weight excluding hydrogens is 369 g/mol. The second-order valence-electron chi connectivity index (χ2n) is 6.11. The summed E-state index contributed by atoms with van der Waals surface area (Å²) >= 11 is 6.10. The topological polar surface area (TPSA) is 66.8 Å². The molecule has 0 amide bonds. The van der Waals surface area contributed by atoms with E-state index >= 15 is 0 Å². The molecule has 0 aliphatic carbocycles. The molecule has 0 radical (unpaired) electrons. The van der Waals surface area contributed by atoms with Crippen LogP contribution in [0.4, 0.5) is 10.3 Å². The van der Waals surface area contributed by atoms with Gasteiger partial charge in [0.05, 0.1) is 11.9 Å². The number of aromatic nitrogens is 4. The van der Waals surface area contributed by atoms with Gasteiger partial charge in [-0.05, 0) is 29.8 Å². The van der Waals surface area contributed by atoms with Crippen molar-refractivity contribution in [1.82, 2.24) is 19.7 Å². The molecule has 27 heavy (non-hydrogen) atoms. The van der Waals surface area contributed by atoms with Crippen LogP contribution in [0.5, 0.6) is 0 Å². The largest absolute Gasteiger partial charge is 0.341 e. The number of anilines is 1.